The summed E-state index contributed by atoms with van der Waals surface area (Å²) in [7, 11) is -2.96. The molecule has 1 fully saturated rings. The predicted molar refractivity (Wildman–Crippen MR) is 63.9 cm³/mol. The van der Waals surface area contributed by atoms with Gasteiger partial charge in [-0.05, 0) is 24.6 Å². The zero-order valence-corrected chi connectivity index (χ0v) is 10.5. The van der Waals surface area contributed by atoms with Crippen molar-refractivity contribution in [3.8, 4) is 11.8 Å². The molecule has 6 heteroatoms. The lowest BCUT2D eigenvalue weighted by Crippen LogP contribution is -2.17. The van der Waals surface area contributed by atoms with Crippen LogP contribution in [0.4, 0.5) is 0 Å². The summed E-state index contributed by atoms with van der Waals surface area (Å²) in [6, 6.07) is 6.64. The molecule has 0 spiro atoms. The zero-order valence-electron chi connectivity index (χ0n) is 8.89. The van der Waals surface area contributed by atoms with Crippen molar-refractivity contribution in [2.75, 3.05) is 11.5 Å². The molecule has 1 aliphatic rings. The van der Waals surface area contributed by atoms with Crippen molar-refractivity contribution in [3.05, 3.63) is 28.8 Å². The topological polar surface area (TPSA) is 67.2 Å². The molecule has 1 heterocycles. The fourth-order valence-electron chi connectivity index (χ4n) is 1.70. The largest absolute Gasteiger partial charge is 0.488 e. The molecule has 0 radical (unpaired) electrons. The molecular weight excluding hydrogens is 262 g/mol. The summed E-state index contributed by atoms with van der Waals surface area (Å²) in [4.78, 5) is 0. The number of hydrogen-bond donors (Lipinski definition) is 0. The molecule has 0 aromatic heterocycles. The van der Waals surface area contributed by atoms with Crippen LogP contribution in [-0.2, 0) is 9.84 Å². The van der Waals surface area contributed by atoms with Gasteiger partial charge in [0.25, 0.3) is 0 Å². The summed E-state index contributed by atoms with van der Waals surface area (Å²) in [5.74, 6) is 0.613. The van der Waals surface area contributed by atoms with Crippen molar-refractivity contribution < 1.29 is 13.2 Å². The van der Waals surface area contributed by atoms with Crippen molar-refractivity contribution in [1.82, 2.24) is 0 Å². The Kier molecular flexibility index (Phi) is 3.27. The van der Waals surface area contributed by atoms with Crippen LogP contribution in [0.15, 0.2) is 18.2 Å². The van der Waals surface area contributed by atoms with E-state index >= 15 is 0 Å². The zero-order chi connectivity index (χ0) is 12.5. The number of benzene rings is 1. The maximum Gasteiger partial charge on any atom is 0.154 e. The molecule has 1 aromatic carbocycles. The molecule has 90 valence electrons. The summed E-state index contributed by atoms with van der Waals surface area (Å²) in [5, 5.41) is 9.00. The minimum atomic E-state index is -2.96. The first-order valence-electron chi connectivity index (χ1n) is 5.07. The van der Waals surface area contributed by atoms with Crippen LogP contribution in [0.5, 0.6) is 5.75 Å². The SMILES string of the molecule is N#Cc1ccc(OC2CCS(=O)(=O)C2)c(Cl)c1. The molecule has 2 rings (SSSR count). The Morgan fingerprint density at radius 2 is 2.24 bits per heavy atom. The van der Waals surface area contributed by atoms with Crippen LogP contribution in [0.2, 0.25) is 5.02 Å². The lowest BCUT2D eigenvalue weighted by atomic mass is 10.2. The Hall–Kier alpha value is -1.25. The first-order valence-corrected chi connectivity index (χ1v) is 7.27. The molecule has 0 N–H and O–H groups in total. The molecular formula is C11H10ClNO3S. The van der Waals surface area contributed by atoms with Gasteiger partial charge in [-0.25, -0.2) is 8.42 Å². The van der Waals surface area contributed by atoms with E-state index in [1.54, 1.807) is 12.1 Å². The molecule has 1 aromatic rings. The maximum absolute atomic E-state index is 11.3. The Morgan fingerprint density at radius 1 is 1.47 bits per heavy atom. The first kappa shape index (κ1) is 12.2. The molecule has 17 heavy (non-hydrogen) atoms. The lowest BCUT2D eigenvalue weighted by molar-refractivity contribution is 0.229. The fourth-order valence-corrected chi connectivity index (χ4v) is 3.51. The fraction of sp³-hybridized carbons (Fsp3) is 0.364. The number of ether oxygens (including phenoxy) is 1. The Bertz CT molecular complexity index is 577. The van der Waals surface area contributed by atoms with Crippen LogP contribution < -0.4 is 4.74 Å². The summed E-state index contributed by atoms with van der Waals surface area (Å²) in [6.45, 7) is 0. The Morgan fingerprint density at radius 3 is 2.76 bits per heavy atom. The minimum absolute atomic E-state index is 0.0311. The van der Waals surface area contributed by atoms with E-state index in [9.17, 15) is 8.42 Å². The molecule has 1 unspecified atom stereocenters. The highest BCUT2D eigenvalue weighted by atomic mass is 35.5. The molecule has 0 amide bonds. The van der Waals surface area contributed by atoms with Crippen molar-refractivity contribution >= 4 is 21.4 Å². The normalized spacial score (nSPS) is 22.0. The molecule has 0 bridgehead atoms. The molecule has 1 saturated heterocycles. The van der Waals surface area contributed by atoms with Crippen LogP contribution >= 0.6 is 11.6 Å². The average molecular weight is 272 g/mol. The van der Waals surface area contributed by atoms with Crippen LogP contribution in [0, 0.1) is 11.3 Å². The number of sulfone groups is 1. The van der Waals surface area contributed by atoms with E-state index in [0.29, 0.717) is 22.8 Å². The summed E-state index contributed by atoms with van der Waals surface area (Å²) >= 11 is 5.93. The third-order valence-electron chi connectivity index (χ3n) is 2.55. The van der Waals surface area contributed by atoms with Gasteiger partial charge in [-0.15, -0.1) is 0 Å². The number of halogens is 1. The summed E-state index contributed by atoms with van der Waals surface area (Å²) in [5.41, 5.74) is 0.446. The van der Waals surface area contributed by atoms with Crippen LogP contribution in [0.1, 0.15) is 12.0 Å². The van der Waals surface area contributed by atoms with Crippen molar-refractivity contribution in [2.24, 2.45) is 0 Å². The second-order valence-corrected chi connectivity index (χ2v) is 6.54. The van der Waals surface area contributed by atoms with Gasteiger partial charge in [-0.3, -0.25) is 0 Å². The highest BCUT2D eigenvalue weighted by molar-refractivity contribution is 7.91. The lowest BCUT2D eigenvalue weighted by Gasteiger charge is -2.13. The third-order valence-corrected chi connectivity index (χ3v) is 4.58. The van der Waals surface area contributed by atoms with Gasteiger partial charge >= 0.3 is 0 Å². The van der Waals surface area contributed by atoms with E-state index in [1.165, 1.54) is 6.07 Å². The van der Waals surface area contributed by atoms with Gasteiger partial charge in [-0.1, -0.05) is 11.6 Å². The summed E-state index contributed by atoms with van der Waals surface area (Å²) in [6.07, 6.45) is 0.143. The van der Waals surface area contributed by atoms with Gasteiger partial charge in [0, 0.05) is 0 Å². The smallest absolute Gasteiger partial charge is 0.154 e. The third kappa shape index (κ3) is 2.90. The van der Waals surface area contributed by atoms with Crippen molar-refractivity contribution in [1.29, 1.82) is 5.26 Å². The van der Waals surface area contributed by atoms with E-state index < -0.39 is 9.84 Å². The second kappa shape index (κ2) is 4.55. The van der Waals surface area contributed by atoms with Crippen LogP contribution in [0.3, 0.4) is 0 Å². The van der Waals surface area contributed by atoms with Gasteiger partial charge in [0.2, 0.25) is 0 Å². The van der Waals surface area contributed by atoms with E-state index in [-0.39, 0.29) is 17.6 Å². The van der Waals surface area contributed by atoms with Crippen molar-refractivity contribution in [3.63, 3.8) is 0 Å². The Labute approximate surface area is 105 Å². The monoisotopic (exact) mass is 271 g/mol. The van der Waals surface area contributed by atoms with Gasteiger partial charge in [0.1, 0.15) is 11.9 Å². The van der Waals surface area contributed by atoms with Crippen molar-refractivity contribution in [2.45, 2.75) is 12.5 Å². The molecule has 0 aliphatic carbocycles. The quantitative estimate of drug-likeness (QED) is 0.822. The number of nitriles is 1. The van der Waals surface area contributed by atoms with Gasteiger partial charge in [0.15, 0.2) is 9.84 Å². The molecule has 1 atom stereocenters. The van der Waals surface area contributed by atoms with E-state index in [1.807, 2.05) is 6.07 Å². The number of nitrogens with zero attached hydrogens (tertiary/aromatic N) is 1. The highest BCUT2D eigenvalue weighted by Gasteiger charge is 2.29. The standard InChI is InChI=1S/C11H10ClNO3S/c12-10-5-8(6-13)1-2-11(10)16-9-3-4-17(14,15)7-9/h1-2,5,9H,3-4,7H2. The first-order chi connectivity index (χ1) is 8.00. The van der Waals surface area contributed by atoms with Gasteiger partial charge < -0.3 is 4.74 Å². The number of rotatable bonds is 2. The summed E-state index contributed by atoms with van der Waals surface area (Å²) < 4.78 is 28.0. The maximum atomic E-state index is 11.3. The van der Waals surface area contributed by atoms with Crippen LogP contribution in [-0.4, -0.2) is 26.0 Å². The highest BCUT2D eigenvalue weighted by Crippen LogP contribution is 2.28. The Balaban J connectivity index is 2.13. The number of hydrogen-bond acceptors (Lipinski definition) is 4. The van der Waals surface area contributed by atoms with E-state index in [0.717, 1.165) is 0 Å². The van der Waals surface area contributed by atoms with E-state index in [2.05, 4.69) is 0 Å². The van der Waals surface area contributed by atoms with Gasteiger partial charge in [-0.2, -0.15) is 5.26 Å². The second-order valence-electron chi connectivity index (χ2n) is 3.90. The molecule has 0 saturated carbocycles. The van der Waals surface area contributed by atoms with Gasteiger partial charge in [0.05, 0.1) is 28.2 Å². The average Bonchev–Trinajstić information content (AvgIpc) is 2.61. The molecule has 1 aliphatic heterocycles. The van der Waals surface area contributed by atoms with Crippen LogP contribution in [0.25, 0.3) is 0 Å². The molecule has 4 nitrogen and oxygen atoms in total. The minimum Gasteiger partial charge on any atom is -0.488 e. The van der Waals surface area contributed by atoms with E-state index in [4.69, 9.17) is 21.6 Å². The predicted octanol–water partition coefficient (Wildman–Crippen LogP) is 1.78.